The molecule has 1 aromatic heterocycles. The molecule has 6 nitrogen and oxygen atoms in total. The van der Waals surface area contributed by atoms with E-state index in [0.717, 1.165) is 11.3 Å². The second-order valence-electron chi connectivity index (χ2n) is 6.70. The molecule has 0 unspecified atom stereocenters. The number of anilines is 1. The molecule has 136 valence electrons. The predicted octanol–water partition coefficient (Wildman–Crippen LogP) is 3.78. The van der Waals surface area contributed by atoms with Crippen molar-refractivity contribution in [2.75, 3.05) is 11.4 Å². The number of hydrogen-bond acceptors (Lipinski definition) is 4. The average molecular weight is 360 g/mol. The monoisotopic (exact) mass is 360 g/mol. The van der Waals surface area contributed by atoms with Crippen LogP contribution in [0.25, 0.3) is 16.5 Å². The quantitative estimate of drug-likeness (QED) is 0.648. The molecule has 4 rings (SSSR count). The Labute approximate surface area is 156 Å². The third-order valence-electron chi connectivity index (χ3n) is 4.75. The summed E-state index contributed by atoms with van der Waals surface area (Å²) in [7, 11) is 0. The van der Waals surface area contributed by atoms with E-state index in [9.17, 15) is 9.90 Å². The van der Waals surface area contributed by atoms with E-state index in [1.165, 1.54) is 0 Å². The molecule has 1 aliphatic heterocycles. The number of nitrogens with one attached hydrogen (secondary N) is 2. The Morgan fingerprint density at radius 3 is 2.81 bits per heavy atom. The highest BCUT2D eigenvalue weighted by atomic mass is 16.3. The van der Waals surface area contributed by atoms with Gasteiger partial charge in [-0.25, -0.2) is 4.98 Å². The number of rotatable bonds is 2. The standard InChI is InChI=1S/C21H20N4O2/c1-13-6-4-7-14(12-13)25-11-5-10-17(26)18(19(25)22)20-23-16-9-3-2-8-15(16)21(27)24-20/h2-4,6-9,12,22,26H,5,10-11H2,1H3,(H,23,24,27). The molecular weight excluding hydrogens is 340 g/mol. The summed E-state index contributed by atoms with van der Waals surface area (Å²) >= 11 is 0. The topological polar surface area (TPSA) is 93.1 Å². The van der Waals surface area contributed by atoms with Crippen LogP contribution in [-0.2, 0) is 0 Å². The molecule has 0 spiro atoms. The van der Waals surface area contributed by atoms with E-state index in [2.05, 4.69) is 9.97 Å². The molecule has 2 heterocycles. The summed E-state index contributed by atoms with van der Waals surface area (Å²) < 4.78 is 0. The maximum Gasteiger partial charge on any atom is 0.259 e. The summed E-state index contributed by atoms with van der Waals surface area (Å²) in [5.74, 6) is 0.434. The van der Waals surface area contributed by atoms with Crippen molar-refractivity contribution >= 4 is 28.0 Å². The van der Waals surface area contributed by atoms with Crippen molar-refractivity contribution < 1.29 is 5.11 Å². The summed E-state index contributed by atoms with van der Waals surface area (Å²) in [5, 5.41) is 19.8. The predicted molar refractivity (Wildman–Crippen MR) is 107 cm³/mol. The van der Waals surface area contributed by atoms with E-state index >= 15 is 0 Å². The second kappa shape index (κ2) is 6.72. The molecule has 0 amide bonds. The number of aliphatic hydroxyl groups excluding tert-OH is 1. The Bertz CT molecular complexity index is 1130. The number of allylic oxidation sites excluding steroid dienone is 1. The van der Waals surface area contributed by atoms with Gasteiger partial charge in [0.25, 0.3) is 5.56 Å². The van der Waals surface area contributed by atoms with Crippen molar-refractivity contribution in [3.63, 3.8) is 0 Å². The SMILES string of the molecule is Cc1cccc(N2CCCC(O)=C(c3nc4ccccc4c(=O)[nH]3)C2=N)c1. The summed E-state index contributed by atoms with van der Waals surface area (Å²) in [5.41, 5.74) is 2.51. The van der Waals surface area contributed by atoms with Crippen LogP contribution in [0.3, 0.4) is 0 Å². The van der Waals surface area contributed by atoms with Gasteiger partial charge in [-0.2, -0.15) is 0 Å². The molecule has 0 aliphatic carbocycles. The van der Waals surface area contributed by atoms with Gasteiger partial charge in [0, 0.05) is 18.7 Å². The van der Waals surface area contributed by atoms with Crippen molar-refractivity contribution in [1.82, 2.24) is 9.97 Å². The van der Waals surface area contributed by atoms with Crippen LogP contribution in [0.15, 0.2) is 59.1 Å². The lowest BCUT2D eigenvalue weighted by Gasteiger charge is -2.25. The van der Waals surface area contributed by atoms with Crippen molar-refractivity contribution in [2.24, 2.45) is 0 Å². The summed E-state index contributed by atoms with van der Waals surface area (Å²) in [6, 6.07) is 14.9. The van der Waals surface area contributed by atoms with E-state index < -0.39 is 0 Å². The minimum atomic E-state index is -0.282. The van der Waals surface area contributed by atoms with Gasteiger partial charge in [0.15, 0.2) is 0 Å². The Kier molecular flexibility index (Phi) is 4.24. The highest BCUT2D eigenvalue weighted by Gasteiger charge is 2.26. The number of fused-ring (bicyclic) bond motifs is 1. The number of H-pyrrole nitrogens is 1. The lowest BCUT2D eigenvalue weighted by atomic mass is 10.1. The van der Waals surface area contributed by atoms with E-state index in [0.29, 0.717) is 30.3 Å². The number of benzene rings is 2. The highest BCUT2D eigenvalue weighted by Crippen LogP contribution is 2.28. The Hall–Kier alpha value is -3.41. The highest BCUT2D eigenvalue weighted by molar-refractivity contribution is 6.27. The lowest BCUT2D eigenvalue weighted by molar-refractivity contribution is 0.390. The summed E-state index contributed by atoms with van der Waals surface area (Å²) in [6.07, 6.45) is 1.13. The van der Waals surface area contributed by atoms with Crippen molar-refractivity contribution in [1.29, 1.82) is 5.41 Å². The molecule has 0 fully saturated rings. The summed E-state index contributed by atoms with van der Waals surface area (Å²) in [4.78, 5) is 21.5. The van der Waals surface area contributed by atoms with Gasteiger partial charge >= 0.3 is 0 Å². The lowest BCUT2D eigenvalue weighted by Crippen LogP contribution is -2.32. The van der Waals surface area contributed by atoms with Crippen LogP contribution in [0, 0.1) is 12.3 Å². The van der Waals surface area contributed by atoms with E-state index in [-0.39, 0.29) is 28.6 Å². The van der Waals surface area contributed by atoms with Gasteiger partial charge in [0.05, 0.1) is 16.5 Å². The number of para-hydroxylation sites is 1. The van der Waals surface area contributed by atoms with Crippen LogP contribution in [0.5, 0.6) is 0 Å². The molecule has 27 heavy (non-hydrogen) atoms. The number of aromatic amines is 1. The fraction of sp³-hybridized carbons (Fsp3) is 0.190. The number of amidine groups is 1. The second-order valence-corrected chi connectivity index (χ2v) is 6.70. The van der Waals surface area contributed by atoms with E-state index in [1.807, 2.05) is 42.2 Å². The third-order valence-corrected chi connectivity index (χ3v) is 4.75. The van der Waals surface area contributed by atoms with E-state index in [1.54, 1.807) is 18.2 Å². The van der Waals surface area contributed by atoms with Gasteiger partial charge in [0.2, 0.25) is 0 Å². The first-order valence-electron chi connectivity index (χ1n) is 8.89. The molecule has 0 bridgehead atoms. The molecule has 0 saturated heterocycles. The normalized spacial score (nSPS) is 15.3. The van der Waals surface area contributed by atoms with Gasteiger partial charge in [-0.3, -0.25) is 10.2 Å². The molecule has 3 aromatic rings. The van der Waals surface area contributed by atoms with E-state index in [4.69, 9.17) is 5.41 Å². The van der Waals surface area contributed by atoms with Crippen LogP contribution in [0.2, 0.25) is 0 Å². The number of aliphatic hydroxyl groups is 1. The molecule has 0 radical (unpaired) electrons. The van der Waals surface area contributed by atoms with Crippen LogP contribution in [0.4, 0.5) is 5.69 Å². The van der Waals surface area contributed by atoms with Gasteiger partial charge in [0.1, 0.15) is 17.4 Å². The molecule has 2 aromatic carbocycles. The number of aryl methyl sites for hydroxylation is 1. The van der Waals surface area contributed by atoms with Crippen molar-refractivity contribution in [3.05, 3.63) is 76.0 Å². The van der Waals surface area contributed by atoms with Crippen LogP contribution in [0.1, 0.15) is 24.2 Å². The number of hydrogen-bond donors (Lipinski definition) is 3. The van der Waals surface area contributed by atoms with Crippen LogP contribution in [-0.4, -0.2) is 27.5 Å². The van der Waals surface area contributed by atoms with Gasteiger partial charge < -0.3 is 15.0 Å². The first kappa shape index (κ1) is 17.0. The first-order chi connectivity index (χ1) is 13.0. The molecule has 0 saturated carbocycles. The Balaban J connectivity index is 1.85. The first-order valence-corrected chi connectivity index (χ1v) is 8.89. The zero-order valence-electron chi connectivity index (χ0n) is 15.0. The van der Waals surface area contributed by atoms with Crippen LogP contribution >= 0.6 is 0 Å². The average Bonchev–Trinajstić information content (AvgIpc) is 2.79. The minimum absolute atomic E-state index is 0.0774. The Morgan fingerprint density at radius 2 is 2.00 bits per heavy atom. The Morgan fingerprint density at radius 1 is 1.19 bits per heavy atom. The van der Waals surface area contributed by atoms with Crippen LogP contribution < -0.4 is 10.5 Å². The minimum Gasteiger partial charge on any atom is -0.511 e. The molecule has 1 aliphatic rings. The smallest absolute Gasteiger partial charge is 0.259 e. The largest absolute Gasteiger partial charge is 0.511 e. The van der Waals surface area contributed by atoms with Crippen molar-refractivity contribution in [2.45, 2.75) is 19.8 Å². The maximum absolute atomic E-state index is 12.5. The zero-order chi connectivity index (χ0) is 19.0. The fourth-order valence-electron chi connectivity index (χ4n) is 3.42. The maximum atomic E-state index is 12.5. The fourth-order valence-corrected chi connectivity index (χ4v) is 3.42. The van der Waals surface area contributed by atoms with Gasteiger partial charge in [-0.05, 0) is 43.2 Å². The molecule has 6 heteroatoms. The molecule has 0 atom stereocenters. The number of aromatic nitrogens is 2. The third kappa shape index (κ3) is 3.10. The summed E-state index contributed by atoms with van der Waals surface area (Å²) in [6.45, 7) is 2.61. The molecule has 3 N–H and O–H groups in total. The van der Waals surface area contributed by atoms with Gasteiger partial charge in [-0.1, -0.05) is 24.3 Å². The van der Waals surface area contributed by atoms with Crippen molar-refractivity contribution in [3.8, 4) is 0 Å². The van der Waals surface area contributed by atoms with Gasteiger partial charge in [-0.15, -0.1) is 0 Å². The molecular formula is C21H20N4O2. The number of nitrogens with zero attached hydrogens (tertiary/aromatic N) is 2. The zero-order valence-corrected chi connectivity index (χ0v) is 15.0.